The fraction of sp³-hybridized carbons (Fsp3) is 0.500. The molecule has 1 aliphatic heterocycles. The predicted molar refractivity (Wildman–Crippen MR) is 73.8 cm³/mol. The van der Waals surface area contributed by atoms with Crippen molar-refractivity contribution in [2.45, 2.75) is 25.3 Å². The van der Waals surface area contributed by atoms with Crippen LogP contribution in [0.5, 0.6) is 5.75 Å². The van der Waals surface area contributed by atoms with Gasteiger partial charge in [0.15, 0.2) is 0 Å². The highest BCUT2D eigenvalue weighted by atomic mass is 35.5. The molecule has 0 spiro atoms. The van der Waals surface area contributed by atoms with Gasteiger partial charge >= 0.3 is 5.97 Å². The summed E-state index contributed by atoms with van der Waals surface area (Å²) in [6.45, 7) is 2.20. The van der Waals surface area contributed by atoms with E-state index in [9.17, 15) is 4.79 Å². The zero-order valence-electron chi connectivity index (χ0n) is 10.7. The number of carboxylic acids is 1. The minimum absolute atomic E-state index is 0.314. The van der Waals surface area contributed by atoms with Gasteiger partial charge in [0.2, 0.25) is 0 Å². The van der Waals surface area contributed by atoms with Crippen molar-refractivity contribution in [2.75, 3.05) is 19.7 Å². The van der Waals surface area contributed by atoms with E-state index in [-0.39, 0.29) is 6.04 Å². The summed E-state index contributed by atoms with van der Waals surface area (Å²) in [6, 6.07) is 6.97. The van der Waals surface area contributed by atoms with E-state index in [1.165, 1.54) is 0 Å². The molecule has 0 saturated carbocycles. The molecule has 1 heterocycles. The van der Waals surface area contributed by atoms with Crippen molar-refractivity contribution < 1.29 is 14.6 Å². The lowest BCUT2D eigenvalue weighted by Gasteiger charge is -2.20. The number of carbonyl (C=O) groups is 1. The maximum absolute atomic E-state index is 11.0. The number of rotatable bonds is 6. The second-order valence-electron chi connectivity index (χ2n) is 4.69. The number of likely N-dealkylation sites (tertiary alicyclic amines) is 1. The highest BCUT2D eigenvalue weighted by Crippen LogP contribution is 2.19. The first-order chi connectivity index (χ1) is 9.16. The number of ether oxygens (including phenoxy) is 1. The number of aliphatic carboxylic acids is 1. The van der Waals surface area contributed by atoms with E-state index >= 15 is 0 Å². The van der Waals surface area contributed by atoms with Crippen molar-refractivity contribution >= 4 is 17.6 Å². The number of nitrogens with zero attached hydrogens (tertiary/aromatic N) is 1. The summed E-state index contributed by atoms with van der Waals surface area (Å²) in [6.07, 6.45) is 2.53. The summed E-state index contributed by atoms with van der Waals surface area (Å²) >= 11 is 5.86. The molecule has 0 unspecified atom stereocenters. The minimum atomic E-state index is -0.715. The molecule has 0 amide bonds. The maximum atomic E-state index is 11.0. The van der Waals surface area contributed by atoms with Crippen LogP contribution in [0, 0.1) is 0 Å². The van der Waals surface area contributed by atoms with Crippen LogP contribution in [0.15, 0.2) is 24.3 Å². The maximum Gasteiger partial charge on any atom is 0.320 e. The predicted octanol–water partition coefficient (Wildman–Crippen LogP) is 2.66. The van der Waals surface area contributed by atoms with Crippen LogP contribution in [0.1, 0.15) is 19.3 Å². The Morgan fingerprint density at radius 2 is 2.37 bits per heavy atom. The lowest BCUT2D eigenvalue weighted by Crippen LogP contribution is -2.36. The van der Waals surface area contributed by atoms with Crippen LogP contribution in [-0.2, 0) is 4.79 Å². The third-order valence-electron chi connectivity index (χ3n) is 3.30. The van der Waals surface area contributed by atoms with Crippen molar-refractivity contribution in [3.63, 3.8) is 0 Å². The molecule has 0 radical (unpaired) electrons. The number of hydrogen-bond acceptors (Lipinski definition) is 3. The van der Waals surface area contributed by atoms with Gasteiger partial charge in [-0.2, -0.15) is 0 Å². The average molecular weight is 284 g/mol. The zero-order valence-corrected chi connectivity index (χ0v) is 11.5. The van der Waals surface area contributed by atoms with E-state index in [1.807, 2.05) is 17.0 Å². The molecule has 0 bridgehead atoms. The number of hydrogen-bond donors (Lipinski definition) is 1. The second-order valence-corrected chi connectivity index (χ2v) is 5.13. The SMILES string of the molecule is O=C(O)[C@@H]1CCCN1CCCOc1cccc(Cl)c1. The van der Waals surface area contributed by atoms with Gasteiger partial charge in [-0.15, -0.1) is 0 Å². The molecule has 5 heteroatoms. The van der Waals surface area contributed by atoms with Gasteiger partial charge in [-0.3, -0.25) is 9.69 Å². The van der Waals surface area contributed by atoms with E-state index in [0.29, 0.717) is 11.6 Å². The standard InChI is InChI=1S/C14H18ClNO3/c15-11-4-1-5-12(10-11)19-9-3-8-16-7-2-6-13(16)14(17)18/h1,4-5,10,13H,2-3,6-9H2,(H,17,18)/t13-/m0/s1. The second kappa shape index (κ2) is 6.78. The van der Waals surface area contributed by atoms with Gasteiger partial charge in [0.1, 0.15) is 11.8 Å². The van der Waals surface area contributed by atoms with E-state index < -0.39 is 5.97 Å². The number of benzene rings is 1. The number of carboxylic acid groups (broad SMARTS) is 1. The molecule has 2 rings (SSSR count). The van der Waals surface area contributed by atoms with Crippen LogP contribution in [0.2, 0.25) is 5.02 Å². The molecule has 19 heavy (non-hydrogen) atoms. The van der Waals surface area contributed by atoms with E-state index in [0.717, 1.165) is 38.1 Å². The summed E-state index contributed by atoms with van der Waals surface area (Å²) in [4.78, 5) is 13.0. The van der Waals surface area contributed by atoms with E-state index in [4.69, 9.17) is 21.4 Å². The monoisotopic (exact) mass is 283 g/mol. The van der Waals surface area contributed by atoms with Crippen LogP contribution in [0.4, 0.5) is 0 Å². The Bertz CT molecular complexity index is 438. The Balaban J connectivity index is 1.71. The summed E-state index contributed by atoms with van der Waals surface area (Å²) in [5, 5.41) is 9.72. The number of halogens is 1. The Morgan fingerprint density at radius 3 is 3.11 bits per heavy atom. The molecule has 1 aromatic carbocycles. The highest BCUT2D eigenvalue weighted by molar-refractivity contribution is 6.30. The van der Waals surface area contributed by atoms with Crippen molar-refractivity contribution in [3.8, 4) is 5.75 Å². The van der Waals surface area contributed by atoms with Crippen LogP contribution >= 0.6 is 11.6 Å². The van der Waals surface area contributed by atoms with E-state index in [1.54, 1.807) is 12.1 Å². The van der Waals surface area contributed by atoms with Crippen molar-refractivity contribution in [1.29, 1.82) is 0 Å². The molecular weight excluding hydrogens is 266 g/mol. The van der Waals surface area contributed by atoms with Crippen LogP contribution in [0.3, 0.4) is 0 Å². The Kier molecular flexibility index (Phi) is 5.05. The molecule has 0 aliphatic carbocycles. The molecule has 104 valence electrons. The molecule has 1 aromatic rings. The Labute approximate surface area is 117 Å². The lowest BCUT2D eigenvalue weighted by atomic mass is 10.2. The molecular formula is C14H18ClNO3. The first-order valence-corrected chi connectivity index (χ1v) is 6.90. The third kappa shape index (κ3) is 4.11. The van der Waals surface area contributed by atoms with Crippen LogP contribution in [-0.4, -0.2) is 41.7 Å². The topological polar surface area (TPSA) is 49.8 Å². The molecule has 1 fully saturated rings. The van der Waals surface area contributed by atoms with Gasteiger partial charge in [-0.25, -0.2) is 0 Å². The van der Waals surface area contributed by atoms with Gasteiger partial charge in [-0.1, -0.05) is 17.7 Å². The van der Waals surface area contributed by atoms with Crippen LogP contribution in [0.25, 0.3) is 0 Å². The quantitative estimate of drug-likeness (QED) is 0.816. The van der Waals surface area contributed by atoms with Gasteiger partial charge < -0.3 is 9.84 Å². The summed E-state index contributed by atoms with van der Waals surface area (Å²) in [5.74, 6) is 0.0389. The van der Waals surface area contributed by atoms with Crippen molar-refractivity contribution in [2.24, 2.45) is 0 Å². The third-order valence-corrected chi connectivity index (χ3v) is 3.54. The molecule has 1 saturated heterocycles. The van der Waals surface area contributed by atoms with Gasteiger partial charge in [0.25, 0.3) is 0 Å². The molecule has 1 atom stereocenters. The molecule has 4 nitrogen and oxygen atoms in total. The van der Waals surface area contributed by atoms with E-state index in [2.05, 4.69) is 0 Å². The van der Waals surface area contributed by atoms with Gasteiger partial charge in [0, 0.05) is 11.6 Å². The summed E-state index contributed by atoms with van der Waals surface area (Å²) in [7, 11) is 0. The average Bonchev–Trinajstić information content (AvgIpc) is 2.83. The smallest absolute Gasteiger partial charge is 0.320 e. The van der Waals surface area contributed by atoms with Crippen LogP contribution < -0.4 is 4.74 Å². The normalized spacial score (nSPS) is 19.5. The highest BCUT2D eigenvalue weighted by Gasteiger charge is 2.29. The summed E-state index contributed by atoms with van der Waals surface area (Å²) < 4.78 is 5.58. The first-order valence-electron chi connectivity index (χ1n) is 6.52. The van der Waals surface area contributed by atoms with Gasteiger partial charge in [-0.05, 0) is 44.0 Å². The van der Waals surface area contributed by atoms with Crippen molar-refractivity contribution in [1.82, 2.24) is 4.90 Å². The molecule has 1 aliphatic rings. The zero-order chi connectivity index (χ0) is 13.7. The molecule has 1 N–H and O–H groups in total. The first kappa shape index (κ1) is 14.2. The fourth-order valence-corrected chi connectivity index (χ4v) is 2.57. The Hall–Kier alpha value is -1.26. The van der Waals surface area contributed by atoms with Crippen molar-refractivity contribution in [3.05, 3.63) is 29.3 Å². The minimum Gasteiger partial charge on any atom is -0.493 e. The largest absolute Gasteiger partial charge is 0.493 e. The lowest BCUT2D eigenvalue weighted by molar-refractivity contribution is -0.142. The summed E-state index contributed by atoms with van der Waals surface area (Å²) in [5.41, 5.74) is 0. The Morgan fingerprint density at radius 1 is 1.53 bits per heavy atom. The fourth-order valence-electron chi connectivity index (χ4n) is 2.39. The van der Waals surface area contributed by atoms with Gasteiger partial charge in [0.05, 0.1) is 6.61 Å². The molecule has 0 aromatic heterocycles.